The molecule has 4 atom stereocenters. The Hall–Kier alpha value is -5.48. The molecule has 2 aliphatic heterocycles. The lowest BCUT2D eigenvalue weighted by molar-refractivity contribution is 0.595. The molecule has 4 nitrogen and oxygen atoms in total. The standard InChI is InChI=1S/C48H46N4/c1-45(25-9-5-10-26-45)41-33-17-19-35(49-33)42(46(2)27-11-6-12-28-46)37-21-23-39(51-37)44(48(4)31-15-8-16-32-48)40-24-22-38(52-40)43(36-20-18-34(41)50-36)47(3)29-13-7-14-30-47/h5-25,27,29,31,49,52H,26,28,30,32H2,1-4H3. The summed E-state index contributed by atoms with van der Waals surface area (Å²) in [6.07, 6.45) is 48.3. The van der Waals surface area contributed by atoms with Crippen molar-refractivity contribution < 1.29 is 0 Å². The highest BCUT2D eigenvalue weighted by Crippen LogP contribution is 2.44. The zero-order chi connectivity index (χ0) is 35.6. The first kappa shape index (κ1) is 32.4. The first-order valence-electron chi connectivity index (χ1n) is 18.7. The van der Waals surface area contributed by atoms with Crippen LogP contribution < -0.4 is 0 Å². The van der Waals surface area contributed by atoms with Crippen molar-refractivity contribution in [2.75, 3.05) is 0 Å². The normalized spacial score (nSPS) is 28.4. The van der Waals surface area contributed by atoms with Crippen LogP contribution in [-0.2, 0) is 21.7 Å². The lowest BCUT2D eigenvalue weighted by Gasteiger charge is -2.29. The van der Waals surface area contributed by atoms with Crippen LogP contribution in [0.4, 0.5) is 0 Å². The second kappa shape index (κ2) is 12.1. The third kappa shape index (κ3) is 5.27. The molecule has 8 bridgehead atoms. The Morgan fingerprint density at radius 3 is 0.846 bits per heavy atom. The Kier molecular flexibility index (Phi) is 7.52. The summed E-state index contributed by atoms with van der Waals surface area (Å²) in [4.78, 5) is 19.1. The van der Waals surface area contributed by atoms with Crippen LogP contribution in [0.25, 0.3) is 46.4 Å². The molecule has 2 N–H and O–H groups in total. The highest BCUT2D eigenvalue weighted by atomic mass is 14.8. The van der Waals surface area contributed by atoms with Gasteiger partial charge in [0, 0.05) is 66.0 Å². The van der Waals surface area contributed by atoms with Gasteiger partial charge in [0.2, 0.25) is 0 Å². The molecule has 0 amide bonds. The molecule has 5 heterocycles. The number of hydrogen-bond acceptors (Lipinski definition) is 2. The Bertz CT molecular complexity index is 2150. The van der Waals surface area contributed by atoms with Gasteiger partial charge in [-0.05, 0) is 74.3 Å². The van der Waals surface area contributed by atoms with Crippen molar-refractivity contribution in [1.82, 2.24) is 19.9 Å². The van der Waals surface area contributed by atoms with Crippen molar-refractivity contribution in [1.29, 1.82) is 0 Å². The summed E-state index contributed by atoms with van der Waals surface area (Å²) in [5, 5.41) is 0. The molecular weight excluding hydrogens is 633 g/mol. The van der Waals surface area contributed by atoms with Crippen LogP contribution >= 0.6 is 0 Å². The Labute approximate surface area is 306 Å². The second-order valence-electron chi connectivity index (χ2n) is 16.1. The van der Waals surface area contributed by atoms with Gasteiger partial charge in [0.1, 0.15) is 0 Å². The smallest absolute Gasteiger partial charge is 0.0699 e. The third-order valence-corrected chi connectivity index (χ3v) is 12.1. The number of fused-ring (bicyclic) bond motifs is 8. The number of nitrogens with zero attached hydrogens (tertiary/aromatic N) is 2. The lowest BCUT2D eigenvalue weighted by atomic mass is 9.76. The molecule has 4 aliphatic carbocycles. The minimum Gasteiger partial charge on any atom is -0.355 e. The average molecular weight is 679 g/mol. The van der Waals surface area contributed by atoms with Gasteiger partial charge in [-0.1, -0.05) is 125 Å². The van der Waals surface area contributed by atoms with Gasteiger partial charge in [-0.25, -0.2) is 9.97 Å². The number of aromatic amines is 2. The van der Waals surface area contributed by atoms with E-state index in [0.29, 0.717) is 0 Å². The fraction of sp³-hybridized carbons (Fsp3) is 0.250. The summed E-state index contributed by atoms with van der Waals surface area (Å²) in [6, 6.07) is 9.05. The van der Waals surface area contributed by atoms with Gasteiger partial charge in [0.15, 0.2) is 0 Å². The molecular formula is C48H46N4. The number of aromatic nitrogens is 4. The van der Waals surface area contributed by atoms with Crippen molar-refractivity contribution in [3.8, 4) is 0 Å². The molecule has 0 saturated carbocycles. The summed E-state index contributed by atoms with van der Waals surface area (Å²) < 4.78 is 0. The molecule has 0 fully saturated rings. The average Bonchev–Trinajstić information content (AvgIpc) is 3.97. The lowest BCUT2D eigenvalue weighted by Crippen LogP contribution is -2.23. The molecule has 3 aromatic rings. The van der Waals surface area contributed by atoms with Crippen molar-refractivity contribution in [3.05, 3.63) is 167 Å². The van der Waals surface area contributed by atoms with Gasteiger partial charge >= 0.3 is 0 Å². The van der Waals surface area contributed by atoms with Gasteiger partial charge in [0.05, 0.1) is 22.8 Å². The molecule has 6 aliphatic rings. The van der Waals surface area contributed by atoms with Crippen LogP contribution in [0.5, 0.6) is 0 Å². The molecule has 0 radical (unpaired) electrons. The Balaban J connectivity index is 1.46. The fourth-order valence-electron chi connectivity index (χ4n) is 9.26. The highest BCUT2D eigenvalue weighted by Gasteiger charge is 2.35. The van der Waals surface area contributed by atoms with Gasteiger partial charge in [-0.15, -0.1) is 0 Å². The summed E-state index contributed by atoms with van der Waals surface area (Å²) in [5.74, 6) is 0. The quantitative estimate of drug-likeness (QED) is 0.199. The molecule has 52 heavy (non-hydrogen) atoms. The predicted octanol–water partition coefficient (Wildman–Crippen LogP) is 11.8. The molecule has 0 aromatic carbocycles. The Morgan fingerprint density at radius 2 is 0.635 bits per heavy atom. The summed E-state index contributed by atoms with van der Waals surface area (Å²) >= 11 is 0. The van der Waals surface area contributed by atoms with Crippen LogP contribution in [0.1, 0.15) is 98.4 Å². The van der Waals surface area contributed by atoms with Crippen LogP contribution in [0, 0.1) is 0 Å². The zero-order valence-electron chi connectivity index (χ0n) is 30.6. The van der Waals surface area contributed by atoms with Crippen LogP contribution in [0.2, 0.25) is 0 Å². The number of nitrogens with one attached hydrogen (secondary N) is 2. The van der Waals surface area contributed by atoms with E-state index in [1.165, 1.54) is 22.3 Å². The number of allylic oxidation sites excluding steroid dienone is 16. The van der Waals surface area contributed by atoms with Crippen molar-refractivity contribution in [2.45, 2.75) is 75.0 Å². The van der Waals surface area contributed by atoms with E-state index in [2.05, 4.69) is 183 Å². The van der Waals surface area contributed by atoms with Gasteiger partial charge in [-0.2, -0.15) is 0 Å². The molecule has 0 saturated heterocycles. The SMILES string of the molecule is CC1(c2c3nc(c(C4(C)C=CC=CC4)c4ccc([nH]4)c(C4(C)C=CC=CC4)c4nc(c(C5(C)C=CC=CC5)c5ccc2[nH]5)C=C4)C=C3)C=CC=CC1. The molecule has 3 aromatic heterocycles. The minimum atomic E-state index is -0.247. The molecule has 9 rings (SSSR count). The molecule has 4 unspecified atom stereocenters. The van der Waals surface area contributed by atoms with Crippen molar-refractivity contribution in [3.63, 3.8) is 0 Å². The largest absolute Gasteiger partial charge is 0.355 e. The second-order valence-corrected chi connectivity index (χ2v) is 16.1. The Morgan fingerprint density at radius 1 is 0.385 bits per heavy atom. The van der Waals surface area contributed by atoms with Crippen molar-refractivity contribution >= 4 is 46.4 Å². The maximum Gasteiger partial charge on any atom is 0.0699 e. The van der Waals surface area contributed by atoms with E-state index in [-0.39, 0.29) is 21.7 Å². The number of hydrogen-bond donors (Lipinski definition) is 2. The summed E-state index contributed by atoms with van der Waals surface area (Å²) in [6.45, 7) is 9.36. The monoisotopic (exact) mass is 678 g/mol. The number of rotatable bonds is 4. The number of H-pyrrole nitrogens is 2. The molecule has 4 heteroatoms. The summed E-state index contributed by atoms with van der Waals surface area (Å²) in [7, 11) is 0. The van der Waals surface area contributed by atoms with E-state index in [4.69, 9.17) is 9.97 Å². The summed E-state index contributed by atoms with van der Waals surface area (Å²) in [5.41, 5.74) is 12.2. The van der Waals surface area contributed by atoms with E-state index in [1.807, 2.05) is 0 Å². The van der Waals surface area contributed by atoms with Crippen LogP contribution in [0.3, 0.4) is 0 Å². The van der Waals surface area contributed by atoms with E-state index in [1.54, 1.807) is 0 Å². The van der Waals surface area contributed by atoms with Crippen LogP contribution in [-0.4, -0.2) is 19.9 Å². The zero-order valence-corrected chi connectivity index (χ0v) is 30.6. The first-order valence-corrected chi connectivity index (χ1v) is 18.7. The van der Waals surface area contributed by atoms with Gasteiger partial charge in [-0.3, -0.25) is 0 Å². The van der Waals surface area contributed by atoms with E-state index in [0.717, 1.165) is 70.5 Å². The van der Waals surface area contributed by atoms with Gasteiger partial charge in [0.25, 0.3) is 0 Å². The third-order valence-electron chi connectivity index (χ3n) is 12.1. The molecule has 0 spiro atoms. The molecule has 258 valence electrons. The predicted molar refractivity (Wildman–Crippen MR) is 220 cm³/mol. The highest BCUT2D eigenvalue weighted by molar-refractivity contribution is 5.86. The maximum atomic E-state index is 5.57. The topological polar surface area (TPSA) is 57.4 Å². The van der Waals surface area contributed by atoms with E-state index < -0.39 is 0 Å². The van der Waals surface area contributed by atoms with Crippen LogP contribution in [0.15, 0.2) is 121 Å². The maximum absolute atomic E-state index is 5.57. The fourth-order valence-corrected chi connectivity index (χ4v) is 9.26. The van der Waals surface area contributed by atoms with Crippen molar-refractivity contribution in [2.24, 2.45) is 0 Å². The van der Waals surface area contributed by atoms with E-state index >= 15 is 0 Å². The van der Waals surface area contributed by atoms with Gasteiger partial charge < -0.3 is 9.97 Å². The first-order chi connectivity index (χ1) is 25.2. The van der Waals surface area contributed by atoms with E-state index in [9.17, 15) is 0 Å². The minimum absolute atomic E-state index is 0.247.